The van der Waals surface area contributed by atoms with E-state index in [1.807, 2.05) is 0 Å². The number of nitrogens with two attached hydrogens (primary N) is 1. The first kappa shape index (κ1) is 13.6. The molecule has 0 aliphatic carbocycles. The van der Waals surface area contributed by atoms with Gasteiger partial charge in [-0.15, -0.1) is 0 Å². The van der Waals surface area contributed by atoms with Crippen molar-refractivity contribution in [1.82, 2.24) is 0 Å². The van der Waals surface area contributed by atoms with Gasteiger partial charge in [-0.2, -0.15) is 0 Å². The fraction of sp³-hybridized carbons (Fsp3) is 0.417. The summed E-state index contributed by atoms with van der Waals surface area (Å²) in [5.74, 6) is -0.841. The van der Waals surface area contributed by atoms with Gasteiger partial charge in [0, 0.05) is 13.5 Å². The Morgan fingerprint density at radius 1 is 1.41 bits per heavy atom. The zero-order valence-corrected chi connectivity index (χ0v) is 9.96. The average Bonchev–Trinajstić information content (AvgIpc) is 2.29. The fourth-order valence-corrected chi connectivity index (χ4v) is 1.58. The number of carbonyl (C=O) groups excluding carboxylic acids is 1. The van der Waals surface area contributed by atoms with Gasteiger partial charge in [0.05, 0.1) is 19.3 Å². The molecule has 0 saturated carbocycles. The van der Waals surface area contributed by atoms with Crippen LogP contribution in [-0.2, 0) is 11.3 Å². The van der Waals surface area contributed by atoms with Gasteiger partial charge in [0.2, 0.25) is 0 Å². The predicted molar refractivity (Wildman–Crippen MR) is 61.7 cm³/mol. The van der Waals surface area contributed by atoms with Crippen molar-refractivity contribution in [3.05, 3.63) is 29.1 Å². The van der Waals surface area contributed by atoms with Crippen LogP contribution in [0.2, 0.25) is 0 Å². The number of methoxy groups -OCH3 is 2. The van der Waals surface area contributed by atoms with E-state index in [0.29, 0.717) is 5.56 Å². The van der Waals surface area contributed by atoms with Crippen molar-refractivity contribution in [3.63, 3.8) is 0 Å². The Labute approximate surface area is 99.5 Å². The lowest BCUT2D eigenvalue weighted by molar-refractivity contribution is 0.0981. The molecule has 0 aliphatic heterocycles. The molecule has 1 aromatic rings. The van der Waals surface area contributed by atoms with E-state index in [4.69, 9.17) is 15.2 Å². The van der Waals surface area contributed by atoms with Gasteiger partial charge in [0.15, 0.2) is 17.3 Å². The van der Waals surface area contributed by atoms with Gasteiger partial charge in [-0.1, -0.05) is 0 Å². The Hall–Kier alpha value is -1.46. The number of Topliss-reactive ketones (excluding diaryl/α,β-unsaturated/α-hetero) is 1. The van der Waals surface area contributed by atoms with Crippen LogP contribution in [0.3, 0.4) is 0 Å². The monoisotopic (exact) mass is 241 g/mol. The lowest BCUT2D eigenvalue weighted by atomic mass is 10.0. The van der Waals surface area contributed by atoms with Gasteiger partial charge in [0.25, 0.3) is 0 Å². The number of halogens is 1. The molecule has 0 aromatic heterocycles. The van der Waals surface area contributed by atoms with Crippen molar-refractivity contribution in [3.8, 4) is 5.75 Å². The number of benzene rings is 1. The molecule has 0 fully saturated rings. The normalized spacial score (nSPS) is 10.4. The van der Waals surface area contributed by atoms with Gasteiger partial charge < -0.3 is 15.2 Å². The van der Waals surface area contributed by atoms with Crippen LogP contribution in [0.1, 0.15) is 22.3 Å². The predicted octanol–water partition coefficient (Wildman–Crippen LogP) is 1.51. The van der Waals surface area contributed by atoms with Crippen LogP contribution in [-0.4, -0.2) is 26.5 Å². The highest BCUT2D eigenvalue weighted by Crippen LogP contribution is 2.26. The van der Waals surface area contributed by atoms with Crippen LogP contribution in [0, 0.1) is 5.82 Å². The Morgan fingerprint density at radius 3 is 2.65 bits per heavy atom. The van der Waals surface area contributed by atoms with Gasteiger partial charge >= 0.3 is 0 Å². The maximum Gasteiger partial charge on any atom is 0.167 e. The topological polar surface area (TPSA) is 61.5 Å². The quantitative estimate of drug-likeness (QED) is 0.767. The molecule has 0 aliphatic rings. The second kappa shape index (κ2) is 6.32. The zero-order valence-electron chi connectivity index (χ0n) is 9.96. The molecule has 0 radical (unpaired) electrons. The number of ketones is 1. The number of hydrogen-bond acceptors (Lipinski definition) is 4. The Bertz CT molecular complexity index is 407. The summed E-state index contributed by atoms with van der Waals surface area (Å²) in [7, 11) is 2.83. The smallest absolute Gasteiger partial charge is 0.167 e. The van der Waals surface area contributed by atoms with Crippen molar-refractivity contribution in [1.29, 1.82) is 0 Å². The first-order chi connectivity index (χ1) is 8.13. The summed E-state index contributed by atoms with van der Waals surface area (Å²) in [6, 6.07) is 2.87. The van der Waals surface area contributed by atoms with E-state index in [0.717, 1.165) is 0 Å². The summed E-state index contributed by atoms with van der Waals surface area (Å²) in [5, 5.41) is 0. The molecular formula is C12H16FNO3. The standard InChI is InChI=1S/C12H16FNO3/c1-16-7-8-5-9(11(15)3-4-14)12(17-2)10(13)6-8/h5-6H,3-4,7,14H2,1-2H3. The highest BCUT2D eigenvalue weighted by atomic mass is 19.1. The molecule has 1 aromatic carbocycles. The average molecular weight is 241 g/mol. The molecule has 17 heavy (non-hydrogen) atoms. The third-order valence-corrected chi connectivity index (χ3v) is 2.29. The number of hydrogen-bond donors (Lipinski definition) is 1. The molecule has 5 heteroatoms. The van der Waals surface area contributed by atoms with E-state index >= 15 is 0 Å². The number of rotatable bonds is 6. The summed E-state index contributed by atoms with van der Waals surface area (Å²) in [5.41, 5.74) is 6.12. The first-order valence-electron chi connectivity index (χ1n) is 5.22. The van der Waals surface area contributed by atoms with Crippen molar-refractivity contribution < 1.29 is 18.7 Å². The molecule has 2 N–H and O–H groups in total. The van der Waals surface area contributed by atoms with E-state index < -0.39 is 5.82 Å². The van der Waals surface area contributed by atoms with Crippen molar-refractivity contribution in [2.45, 2.75) is 13.0 Å². The molecular weight excluding hydrogens is 225 g/mol. The van der Waals surface area contributed by atoms with Crippen LogP contribution in [0.15, 0.2) is 12.1 Å². The van der Waals surface area contributed by atoms with Crippen LogP contribution in [0.4, 0.5) is 4.39 Å². The highest BCUT2D eigenvalue weighted by molar-refractivity contribution is 5.99. The van der Waals surface area contributed by atoms with E-state index in [9.17, 15) is 9.18 Å². The molecule has 0 amide bonds. The second-order valence-electron chi connectivity index (χ2n) is 3.55. The van der Waals surface area contributed by atoms with Crippen molar-refractivity contribution >= 4 is 5.78 Å². The molecule has 94 valence electrons. The van der Waals surface area contributed by atoms with Gasteiger partial charge in [-0.05, 0) is 24.2 Å². The van der Waals surface area contributed by atoms with E-state index in [-0.39, 0.29) is 36.7 Å². The lowest BCUT2D eigenvalue weighted by Gasteiger charge is -2.10. The molecule has 0 unspecified atom stereocenters. The molecule has 1 rings (SSSR count). The Kier molecular flexibility index (Phi) is 5.06. The molecule has 0 spiro atoms. The van der Waals surface area contributed by atoms with Gasteiger partial charge in [0.1, 0.15) is 0 Å². The van der Waals surface area contributed by atoms with E-state index in [1.165, 1.54) is 20.3 Å². The molecule has 0 saturated heterocycles. The Morgan fingerprint density at radius 2 is 2.12 bits per heavy atom. The summed E-state index contributed by atoms with van der Waals surface area (Å²) in [6.07, 6.45) is 0.159. The molecule has 0 bridgehead atoms. The summed E-state index contributed by atoms with van der Waals surface area (Å²) in [6.45, 7) is 0.460. The minimum Gasteiger partial charge on any atom is -0.493 e. The first-order valence-corrected chi connectivity index (χ1v) is 5.22. The van der Waals surface area contributed by atoms with E-state index in [1.54, 1.807) is 6.07 Å². The van der Waals surface area contributed by atoms with Crippen molar-refractivity contribution in [2.24, 2.45) is 5.73 Å². The number of ether oxygens (including phenoxy) is 2. The molecule has 4 nitrogen and oxygen atoms in total. The van der Waals surface area contributed by atoms with Crippen LogP contribution >= 0.6 is 0 Å². The van der Waals surface area contributed by atoms with Crippen molar-refractivity contribution in [2.75, 3.05) is 20.8 Å². The van der Waals surface area contributed by atoms with Crippen LogP contribution < -0.4 is 10.5 Å². The maximum atomic E-state index is 13.7. The largest absolute Gasteiger partial charge is 0.493 e. The SMILES string of the molecule is COCc1cc(F)c(OC)c(C(=O)CCN)c1. The van der Waals surface area contributed by atoms with Crippen LogP contribution in [0.5, 0.6) is 5.75 Å². The summed E-state index contributed by atoms with van der Waals surface area (Å²) in [4.78, 5) is 11.8. The molecule has 0 heterocycles. The minimum atomic E-state index is -0.567. The zero-order chi connectivity index (χ0) is 12.8. The Balaban J connectivity index is 3.18. The lowest BCUT2D eigenvalue weighted by Crippen LogP contribution is -2.11. The van der Waals surface area contributed by atoms with Crippen LogP contribution in [0.25, 0.3) is 0 Å². The number of carbonyl (C=O) groups is 1. The van der Waals surface area contributed by atoms with Gasteiger partial charge in [-0.3, -0.25) is 4.79 Å². The fourth-order valence-electron chi connectivity index (χ4n) is 1.58. The third-order valence-electron chi connectivity index (χ3n) is 2.29. The van der Waals surface area contributed by atoms with Gasteiger partial charge in [-0.25, -0.2) is 4.39 Å². The highest BCUT2D eigenvalue weighted by Gasteiger charge is 2.17. The third kappa shape index (κ3) is 3.25. The maximum absolute atomic E-state index is 13.7. The summed E-state index contributed by atoms with van der Waals surface area (Å²) >= 11 is 0. The second-order valence-corrected chi connectivity index (χ2v) is 3.55. The minimum absolute atomic E-state index is 0.0386. The summed E-state index contributed by atoms with van der Waals surface area (Å²) < 4.78 is 23.5. The van der Waals surface area contributed by atoms with E-state index in [2.05, 4.69) is 0 Å². The molecule has 0 atom stereocenters.